The van der Waals surface area contributed by atoms with Crippen molar-refractivity contribution in [2.45, 2.75) is 19.9 Å². The van der Waals surface area contributed by atoms with Crippen molar-refractivity contribution in [1.82, 2.24) is 4.98 Å². The Bertz CT molecular complexity index is 613. The van der Waals surface area contributed by atoms with Gasteiger partial charge in [0.25, 0.3) is 0 Å². The number of halogens is 1. The largest absolute Gasteiger partial charge is 0.480 e. The normalized spacial score (nSPS) is 12.6. The summed E-state index contributed by atoms with van der Waals surface area (Å²) >= 11 is 0. The van der Waals surface area contributed by atoms with Crippen molar-refractivity contribution in [2.24, 2.45) is 5.92 Å². The maximum atomic E-state index is 13.3. The molecular weight excluding hydrogens is 247 g/mol. The molecule has 0 radical (unpaired) electrons. The predicted octanol–water partition coefficient (Wildman–Crippen LogP) is 2.90. The smallest absolute Gasteiger partial charge is 0.326 e. The quantitative estimate of drug-likeness (QED) is 0.889. The van der Waals surface area contributed by atoms with E-state index < -0.39 is 12.0 Å². The van der Waals surface area contributed by atoms with Gasteiger partial charge in [0.05, 0.1) is 0 Å². The lowest BCUT2D eigenvalue weighted by Crippen LogP contribution is -2.34. The number of carbonyl (C=O) groups is 1. The van der Waals surface area contributed by atoms with Crippen molar-refractivity contribution < 1.29 is 14.3 Å². The van der Waals surface area contributed by atoms with Crippen molar-refractivity contribution in [1.29, 1.82) is 0 Å². The van der Waals surface area contributed by atoms with E-state index in [2.05, 4.69) is 10.3 Å². The van der Waals surface area contributed by atoms with E-state index in [1.165, 1.54) is 12.1 Å². The second-order valence-corrected chi connectivity index (χ2v) is 4.73. The fourth-order valence-corrected chi connectivity index (χ4v) is 1.92. The van der Waals surface area contributed by atoms with Crippen LogP contribution in [0.4, 0.5) is 10.2 Å². The number of rotatable bonds is 4. The first-order valence-electron chi connectivity index (χ1n) is 6.02. The van der Waals surface area contributed by atoms with Gasteiger partial charge in [-0.1, -0.05) is 19.9 Å². The molecule has 0 spiro atoms. The molecular formula is C14H15FN2O2. The summed E-state index contributed by atoms with van der Waals surface area (Å²) in [4.78, 5) is 15.3. The summed E-state index contributed by atoms with van der Waals surface area (Å²) in [5, 5.41) is 13.4. The van der Waals surface area contributed by atoms with Crippen LogP contribution in [0.25, 0.3) is 10.8 Å². The van der Waals surface area contributed by atoms with Gasteiger partial charge in [-0.15, -0.1) is 0 Å². The van der Waals surface area contributed by atoms with Gasteiger partial charge >= 0.3 is 5.97 Å². The SMILES string of the molecule is CC(C)[C@H](Nc1nccc2ccc(F)cc12)C(=O)O. The van der Waals surface area contributed by atoms with Crippen molar-refractivity contribution in [2.75, 3.05) is 5.32 Å². The van der Waals surface area contributed by atoms with E-state index in [1.807, 2.05) is 0 Å². The number of carboxylic acids is 1. The van der Waals surface area contributed by atoms with Crippen LogP contribution in [0.3, 0.4) is 0 Å². The Labute approximate surface area is 110 Å². The highest BCUT2D eigenvalue weighted by molar-refractivity contribution is 5.93. The van der Waals surface area contributed by atoms with Crippen LogP contribution in [0.2, 0.25) is 0 Å². The molecule has 4 nitrogen and oxygen atoms in total. The zero-order valence-electron chi connectivity index (χ0n) is 10.7. The second-order valence-electron chi connectivity index (χ2n) is 4.73. The van der Waals surface area contributed by atoms with Crippen molar-refractivity contribution in [3.05, 3.63) is 36.3 Å². The zero-order valence-corrected chi connectivity index (χ0v) is 10.7. The molecule has 0 saturated carbocycles. The first-order valence-corrected chi connectivity index (χ1v) is 6.02. The highest BCUT2D eigenvalue weighted by atomic mass is 19.1. The molecule has 0 aliphatic carbocycles. The molecule has 0 fully saturated rings. The number of benzene rings is 1. The number of hydrogen-bond donors (Lipinski definition) is 2. The molecule has 5 heteroatoms. The van der Waals surface area contributed by atoms with Gasteiger partial charge in [-0.2, -0.15) is 0 Å². The number of aromatic nitrogens is 1. The van der Waals surface area contributed by atoms with Crippen LogP contribution in [-0.2, 0) is 4.79 Å². The van der Waals surface area contributed by atoms with Crippen LogP contribution < -0.4 is 5.32 Å². The lowest BCUT2D eigenvalue weighted by Gasteiger charge is -2.19. The number of fused-ring (bicyclic) bond motifs is 1. The predicted molar refractivity (Wildman–Crippen MR) is 71.6 cm³/mol. The number of aliphatic carboxylic acids is 1. The highest BCUT2D eigenvalue weighted by Crippen LogP contribution is 2.23. The zero-order chi connectivity index (χ0) is 14.0. The highest BCUT2D eigenvalue weighted by Gasteiger charge is 2.22. The van der Waals surface area contributed by atoms with Crippen molar-refractivity contribution in [3.63, 3.8) is 0 Å². The molecule has 1 aromatic carbocycles. The van der Waals surface area contributed by atoms with E-state index in [-0.39, 0.29) is 11.7 Å². The monoisotopic (exact) mass is 262 g/mol. The van der Waals surface area contributed by atoms with Gasteiger partial charge in [0.2, 0.25) is 0 Å². The van der Waals surface area contributed by atoms with E-state index in [0.717, 1.165) is 5.39 Å². The lowest BCUT2D eigenvalue weighted by molar-refractivity contribution is -0.138. The van der Waals surface area contributed by atoms with Gasteiger partial charge in [0.15, 0.2) is 0 Å². The summed E-state index contributed by atoms with van der Waals surface area (Å²) in [7, 11) is 0. The number of carboxylic acid groups (broad SMARTS) is 1. The molecule has 1 heterocycles. The van der Waals surface area contributed by atoms with E-state index >= 15 is 0 Å². The molecule has 100 valence electrons. The molecule has 2 aromatic rings. The van der Waals surface area contributed by atoms with E-state index in [1.54, 1.807) is 32.2 Å². The summed E-state index contributed by atoms with van der Waals surface area (Å²) in [6.07, 6.45) is 1.57. The molecule has 19 heavy (non-hydrogen) atoms. The van der Waals surface area contributed by atoms with Gasteiger partial charge in [-0.25, -0.2) is 14.2 Å². The number of hydrogen-bond acceptors (Lipinski definition) is 3. The average molecular weight is 262 g/mol. The molecule has 0 unspecified atom stereocenters. The third-order valence-corrected chi connectivity index (χ3v) is 2.95. The van der Waals surface area contributed by atoms with Crippen molar-refractivity contribution in [3.8, 4) is 0 Å². The number of nitrogens with one attached hydrogen (secondary N) is 1. The van der Waals surface area contributed by atoms with Gasteiger partial charge in [-0.3, -0.25) is 0 Å². The van der Waals surface area contributed by atoms with Gasteiger partial charge in [0, 0.05) is 11.6 Å². The third kappa shape index (κ3) is 2.81. The van der Waals surface area contributed by atoms with Crippen LogP contribution in [0.1, 0.15) is 13.8 Å². The fourth-order valence-electron chi connectivity index (χ4n) is 1.92. The fraction of sp³-hybridized carbons (Fsp3) is 0.286. The van der Waals surface area contributed by atoms with E-state index in [9.17, 15) is 9.18 Å². The molecule has 2 rings (SSSR count). The topological polar surface area (TPSA) is 62.2 Å². The van der Waals surface area contributed by atoms with Gasteiger partial charge in [-0.05, 0) is 29.5 Å². The van der Waals surface area contributed by atoms with Gasteiger partial charge < -0.3 is 10.4 Å². The lowest BCUT2D eigenvalue weighted by atomic mass is 10.0. The molecule has 0 amide bonds. The third-order valence-electron chi connectivity index (χ3n) is 2.95. The number of pyridine rings is 1. The molecule has 0 aliphatic rings. The molecule has 0 saturated heterocycles. The molecule has 1 atom stereocenters. The summed E-state index contributed by atoms with van der Waals surface area (Å²) in [5.41, 5.74) is 0. The summed E-state index contributed by atoms with van der Waals surface area (Å²) < 4.78 is 13.3. The minimum absolute atomic E-state index is 0.108. The van der Waals surface area contributed by atoms with E-state index in [4.69, 9.17) is 5.11 Å². The van der Waals surface area contributed by atoms with Crippen LogP contribution >= 0.6 is 0 Å². The number of anilines is 1. The first-order chi connectivity index (χ1) is 8.99. The molecule has 2 N–H and O–H groups in total. The Morgan fingerprint density at radius 3 is 2.74 bits per heavy atom. The Morgan fingerprint density at radius 1 is 1.37 bits per heavy atom. The maximum absolute atomic E-state index is 13.3. The first kappa shape index (κ1) is 13.3. The molecule has 0 aliphatic heterocycles. The Hall–Kier alpha value is -2.17. The average Bonchev–Trinajstić information content (AvgIpc) is 2.35. The Morgan fingerprint density at radius 2 is 2.11 bits per heavy atom. The molecule has 0 bridgehead atoms. The van der Waals surface area contributed by atoms with Crippen molar-refractivity contribution >= 4 is 22.6 Å². The summed E-state index contributed by atoms with van der Waals surface area (Å²) in [5.74, 6) is -1.05. The molecule has 1 aromatic heterocycles. The van der Waals surface area contributed by atoms with Crippen LogP contribution in [0.15, 0.2) is 30.5 Å². The maximum Gasteiger partial charge on any atom is 0.326 e. The van der Waals surface area contributed by atoms with Gasteiger partial charge in [0.1, 0.15) is 17.7 Å². The summed E-state index contributed by atoms with van der Waals surface area (Å²) in [6, 6.07) is 5.35. The Balaban J connectivity index is 2.44. The Kier molecular flexibility index (Phi) is 3.64. The number of nitrogens with zero attached hydrogens (tertiary/aromatic N) is 1. The van der Waals surface area contributed by atoms with Crippen LogP contribution in [-0.4, -0.2) is 22.1 Å². The minimum atomic E-state index is -0.954. The summed E-state index contributed by atoms with van der Waals surface area (Å²) in [6.45, 7) is 3.61. The van der Waals surface area contributed by atoms with E-state index in [0.29, 0.717) is 11.2 Å². The minimum Gasteiger partial charge on any atom is -0.480 e. The van der Waals surface area contributed by atoms with Crippen LogP contribution in [0.5, 0.6) is 0 Å². The second kappa shape index (κ2) is 5.22. The standard InChI is InChI=1S/C14H15FN2O2/c1-8(2)12(14(18)19)17-13-11-7-10(15)4-3-9(11)5-6-16-13/h3-8,12H,1-2H3,(H,16,17)(H,18,19)/t12-/m0/s1. The van der Waals surface area contributed by atoms with Crippen LogP contribution in [0, 0.1) is 11.7 Å².